The number of hydrogen-bond acceptors (Lipinski definition) is 5. The first-order valence-corrected chi connectivity index (χ1v) is 8.48. The molecule has 0 bridgehead atoms. The summed E-state index contributed by atoms with van der Waals surface area (Å²) >= 11 is 7.36. The number of nitrogens with two attached hydrogens (primary N) is 1. The topological polar surface area (TPSA) is 78.6 Å². The van der Waals surface area contributed by atoms with E-state index in [1.807, 2.05) is 12.1 Å². The highest BCUT2D eigenvalue weighted by molar-refractivity contribution is 7.99. The van der Waals surface area contributed by atoms with Crippen LogP contribution in [0, 0.1) is 0 Å². The Bertz CT molecular complexity index is 706. The summed E-state index contributed by atoms with van der Waals surface area (Å²) in [6.07, 6.45) is 0. The maximum atomic E-state index is 11.7. The van der Waals surface area contributed by atoms with Crippen molar-refractivity contribution in [1.29, 1.82) is 0 Å². The van der Waals surface area contributed by atoms with Crippen molar-refractivity contribution in [2.75, 3.05) is 19.0 Å². The van der Waals surface area contributed by atoms with Gasteiger partial charge in [-0.05, 0) is 36.4 Å². The number of thioether (sulfide) groups is 1. The number of carbonyl (C=O) groups is 2. The van der Waals surface area contributed by atoms with Crippen molar-refractivity contribution in [3.05, 3.63) is 59.1 Å². The molecule has 0 aliphatic carbocycles. The molecule has 0 saturated carbocycles. The summed E-state index contributed by atoms with van der Waals surface area (Å²) in [6.45, 7) is -0.0249. The lowest BCUT2D eigenvalue weighted by Gasteiger charge is -2.09. The van der Waals surface area contributed by atoms with Crippen molar-refractivity contribution < 1.29 is 19.1 Å². The quantitative estimate of drug-likeness (QED) is 0.441. The number of rotatable bonds is 8. The van der Waals surface area contributed by atoms with Gasteiger partial charge in [0.25, 0.3) is 5.91 Å². The molecule has 0 atom stereocenters. The van der Waals surface area contributed by atoms with Gasteiger partial charge in [-0.1, -0.05) is 23.7 Å². The fourth-order valence-electron chi connectivity index (χ4n) is 1.82. The van der Waals surface area contributed by atoms with Gasteiger partial charge in [0, 0.05) is 15.7 Å². The molecule has 0 radical (unpaired) electrons. The van der Waals surface area contributed by atoms with E-state index in [9.17, 15) is 9.59 Å². The number of primary amides is 1. The molecule has 0 spiro atoms. The molecule has 0 fully saturated rings. The second kappa shape index (κ2) is 9.20. The third kappa shape index (κ3) is 5.79. The van der Waals surface area contributed by atoms with Gasteiger partial charge in [-0.25, -0.2) is 4.79 Å². The average molecular weight is 366 g/mol. The predicted molar refractivity (Wildman–Crippen MR) is 93.6 cm³/mol. The summed E-state index contributed by atoms with van der Waals surface area (Å²) in [5, 5.41) is 0.680. The average Bonchev–Trinajstić information content (AvgIpc) is 2.58. The maximum absolute atomic E-state index is 11.7. The van der Waals surface area contributed by atoms with Gasteiger partial charge in [0.1, 0.15) is 12.4 Å². The number of hydrogen-bond donors (Lipinski definition) is 1. The van der Waals surface area contributed by atoms with Gasteiger partial charge >= 0.3 is 5.97 Å². The second-order valence-electron chi connectivity index (χ2n) is 4.67. The highest BCUT2D eigenvalue weighted by Gasteiger charge is 2.10. The van der Waals surface area contributed by atoms with E-state index < -0.39 is 11.9 Å². The van der Waals surface area contributed by atoms with Gasteiger partial charge in [-0.15, -0.1) is 11.8 Å². The zero-order valence-electron chi connectivity index (χ0n) is 12.7. The zero-order valence-corrected chi connectivity index (χ0v) is 14.3. The lowest BCUT2D eigenvalue weighted by Crippen LogP contribution is -2.18. The van der Waals surface area contributed by atoms with E-state index in [1.165, 1.54) is 6.07 Å². The highest BCUT2D eigenvalue weighted by atomic mass is 35.5. The molecule has 2 aromatic rings. The number of esters is 1. The highest BCUT2D eigenvalue weighted by Crippen LogP contribution is 2.20. The third-order valence-corrected chi connectivity index (χ3v) is 4.16. The Kier molecular flexibility index (Phi) is 6.96. The molecule has 5 nitrogen and oxygen atoms in total. The first-order chi connectivity index (χ1) is 11.6. The molecule has 2 aromatic carbocycles. The van der Waals surface area contributed by atoms with Gasteiger partial charge < -0.3 is 15.2 Å². The van der Waals surface area contributed by atoms with E-state index in [-0.39, 0.29) is 24.5 Å². The molecule has 0 aromatic heterocycles. The Morgan fingerprint density at radius 1 is 1.08 bits per heavy atom. The van der Waals surface area contributed by atoms with E-state index in [0.717, 1.165) is 4.90 Å². The smallest absolute Gasteiger partial charge is 0.344 e. The molecule has 0 aliphatic rings. The Morgan fingerprint density at radius 2 is 1.79 bits per heavy atom. The van der Waals surface area contributed by atoms with Crippen LogP contribution in [-0.4, -0.2) is 30.8 Å². The standard InChI is InChI=1S/C17H16ClNO4S/c18-12-5-7-13(8-6-12)24-10-9-22-16(20)11-23-15-4-2-1-3-14(15)17(19)21/h1-8H,9-11H2,(H2,19,21). The van der Waals surface area contributed by atoms with E-state index >= 15 is 0 Å². The van der Waals surface area contributed by atoms with E-state index in [1.54, 1.807) is 42.1 Å². The molecule has 24 heavy (non-hydrogen) atoms. The summed E-state index contributed by atoms with van der Waals surface area (Å²) in [6, 6.07) is 13.9. The lowest BCUT2D eigenvalue weighted by molar-refractivity contribution is -0.145. The monoisotopic (exact) mass is 365 g/mol. The molecule has 0 aliphatic heterocycles. The van der Waals surface area contributed by atoms with Crippen LogP contribution in [0.15, 0.2) is 53.4 Å². The van der Waals surface area contributed by atoms with Gasteiger partial charge in [-0.2, -0.15) is 0 Å². The van der Waals surface area contributed by atoms with Crippen LogP contribution in [0.2, 0.25) is 5.02 Å². The minimum Gasteiger partial charge on any atom is -0.481 e. The molecule has 2 rings (SSSR count). The molecule has 126 valence electrons. The summed E-state index contributed by atoms with van der Waals surface area (Å²) < 4.78 is 10.4. The van der Waals surface area contributed by atoms with Crippen LogP contribution in [0.3, 0.4) is 0 Å². The van der Waals surface area contributed by atoms with E-state index in [2.05, 4.69) is 0 Å². The molecule has 0 heterocycles. The number of ether oxygens (including phenoxy) is 2. The number of para-hydroxylation sites is 1. The van der Waals surface area contributed by atoms with Gasteiger partial charge in [-0.3, -0.25) is 4.79 Å². The largest absolute Gasteiger partial charge is 0.481 e. The zero-order chi connectivity index (χ0) is 17.4. The Balaban J connectivity index is 1.70. The molecular weight excluding hydrogens is 350 g/mol. The molecule has 0 unspecified atom stereocenters. The number of benzene rings is 2. The minimum atomic E-state index is -0.613. The van der Waals surface area contributed by atoms with Crippen LogP contribution in [0.5, 0.6) is 5.75 Å². The van der Waals surface area contributed by atoms with Gasteiger partial charge in [0.2, 0.25) is 0 Å². The van der Waals surface area contributed by atoms with Crippen LogP contribution in [-0.2, 0) is 9.53 Å². The van der Waals surface area contributed by atoms with E-state index in [0.29, 0.717) is 10.8 Å². The Labute approximate surface area is 149 Å². The van der Waals surface area contributed by atoms with Gasteiger partial charge in [0.05, 0.1) is 5.56 Å². The summed E-state index contributed by atoms with van der Waals surface area (Å²) in [5.41, 5.74) is 5.46. The normalized spacial score (nSPS) is 10.2. The van der Waals surface area contributed by atoms with Gasteiger partial charge in [0.15, 0.2) is 6.61 Å². The Morgan fingerprint density at radius 3 is 2.50 bits per heavy atom. The molecular formula is C17H16ClNO4S. The Hall–Kier alpha value is -2.18. The van der Waals surface area contributed by atoms with E-state index in [4.69, 9.17) is 26.8 Å². The van der Waals surface area contributed by atoms with Crippen LogP contribution in [0.1, 0.15) is 10.4 Å². The third-order valence-electron chi connectivity index (χ3n) is 2.93. The first-order valence-electron chi connectivity index (χ1n) is 7.12. The van der Waals surface area contributed by atoms with Crippen molar-refractivity contribution in [2.24, 2.45) is 5.73 Å². The second-order valence-corrected chi connectivity index (χ2v) is 6.28. The van der Waals surface area contributed by atoms with Crippen LogP contribution in [0.25, 0.3) is 0 Å². The van der Waals surface area contributed by atoms with Crippen molar-refractivity contribution in [2.45, 2.75) is 4.90 Å². The van der Waals surface area contributed by atoms with Crippen molar-refractivity contribution in [3.63, 3.8) is 0 Å². The number of halogens is 1. The number of carbonyl (C=O) groups excluding carboxylic acids is 2. The minimum absolute atomic E-state index is 0.226. The predicted octanol–water partition coefficient (Wildman–Crippen LogP) is 3.15. The van der Waals surface area contributed by atoms with Crippen molar-refractivity contribution >= 4 is 35.2 Å². The van der Waals surface area contributed by atoms with Crippen molar-refractivity contribution in [1.82, 2.24) is 0 Å². The number of amides is 1. The SMILES string of the molecule is NC(=O)c1ccccc1OCC(=O)OCCSc1ccc(Cl)cc1. The van der Waals surface area contributed by atoms with Crippen LogP contribution < -0.4 is 10.5 Å². The molecule has 0 saturated heterocycles. The van der Waals surface area contributed by atoms with Crippen LogP contribution >= 0.6 is 23.4 Å². The first kappa shape index (κ1) is 18.2. The maximum Gasteiger partial charge on any atom is 0.344 e. The molecule has 7 heteroatoms. The molecule has 1 amide bonds. The fraction of sp³-hybridized carbons (Fsp3) is 0.176. The lowest BCUT2D eigenvalue weighted by atomic mass is 10.2. The summed E-state index contributed by atoms with van der Waals surface area (Å²) in [5.74, 6) is -0.243. The molecule has 2 N–H and O–H groups in total. The summed E-state index contributed by atoms with van der Waals surface area (Å²) in [4.78, 5) is 24.0. The van der Waals surface area contributed by atoms with Crippen LogP contribution in [0.4, 0.5) is 0 Å². The van der Waals surface area contributed by atoms with Crippen molar-refractivity contribution in [3.8, 4) is 5.75 Å². The fourth-order valence-corrected chi connectivity index (χ4v) is 2.68. The summed E-state index contributed by atoms with van der Waals surface area (Å²) in [7, 11) is 0.